The van der Waals surface area contributed by atoms with E-state index in [0.29, 0.717) is 0 Å². The first-order chi connectivity index (χ1) is 4.93. The van der Waals surface area contributed by atoms with Crippen molar-refractivity contribution in [3.8, 4) is 0 Å². The van der Waals surface area contributed by atoms with Gasteiger partial charge >= 0.3 is 0 Å². The second kappa shape index (κ2) is 4.23. The molecule has 1 atom stereocenters. The molecule has 1 rings (SSSR count). The van der Waals surface area contributed by atoms with Gasteiger partial charge in [0.1, 0.15) is 12.9 Å². The SMILES string of the molecule is O=CCOC1C=CCCC1. The van der Waals surface area contributed by atoms with Gasteiger partial charge in [-0.25, -0.2) is 0 Å². The monoisotopic (exact) mass is 140 g/mol. The van der Waals surface area contributed by atoms with Gasteiger partial charge in [0.2, 0.25) is 0 Å². The summed E-state index contributed by atoms with van der Waals surface area (Å²) < 4.78 is 5.18. The Morgan fingerprint density at radius 1 is 1.70 bits per heavy atom. The molecular formula is C8H12O2. The molecule has 1 aliphatic rings. The summed E-state index contributed by atoms with van der Waals surface area (Å²) in [5.41, 5.74) is 0. The summed E-state index contributed by atoms with van der Waals surface area (Å²) in [6.45, 7) is 0.231. The van der Waals surface area contributed by atoms with Gasteiger partial charge in [0.25, 0.3) is 0 Å². The molecule has 2 heteroatoms. The van der Waals surface area contributed by atoms with Crippen LogP contribution < -0.4 is 0 Å². The van der Waals surface area contributed by atoms with E-state index in [9.17, 15) is 4.79 Å². The molecule has 0 aliphatic heterocycles. The predicted molar refractivity (Wildman–Crippen MR) is 38.8 cm³/mol. The molecule has 56 valence electrons. The fourth-order valence-electron chi connectivity index (χ4n) is 1.08. The number of ether oxygens (including phenoxy) is 1. The van der Waals surface area contributed by atoms with Gasteiger partial charge in [-0.1, -0.05) is 12.2 Å². The Balaban J connectivity index is 2.19. The predicted octanol–water partition coefficient (Wildman–Crippen LogP) is 1.31. The number of hydrogen-bond acceptors (Lipinski definition) is 2. The molecule has 0 saturated heterocycles. The van der Waals surface area contributed by atoms with Gasteiger partial charge in [0, 0.05) is 0 Å². The van der Waals surface area contributed by atoms with Crippen LogP contribution in [-0.4, -0.2) is 19.0 Å². The number of rotatable bonds is 3. The van der Waals surface area contributed by atoms with Crippen LogP contribution in [0.1, 0.15) is 19.3 Å². The molecule has 0 saturated carbocycles. The Morgan fingerprint density at radius 2 is 2.60 bits per heavy atom. The molecule has 2 nitrogen and oxygen atoms in total. The topological polar surface area (TPSA) is 26.3 Å². The molecule has 1 aliphatic carbocycles. The Kier molecular flexibility index (Phi) is 3.16. The normalized spacial score (nSPS) is 24.6. The van der Waals surface area contributed by atoms with E-state index in [-0.39, 0.29) is 12.7 Å². The maximum Gasteiger partial charge on any atom is 0.145 e. The van der Waals surface area contributed by atoms with Crippen LogP contribution in [0, 0.1) is 0 Å². The van der Waals surface area contributed by atoms with Gasteiger partial charge in [-0.2, -0.15) is 0 Å². The fourth-order valence-corrected chi connectivity index (χ4v) is 1.08. The van der Waals surface area contributed by atoms with Crippen LogP contribution in [0.4, 0.5) is 0 Å². The summed E-state index contributed by atoms with van der Waals surface area (Å²) in [6, 6.07) is 0. The molecule has 0 aromatic heterocycles. The number of carbonyl (C=O) groups is 1. The summed E-state index contributed by atoms with van der Waals surface area (Å²) in [5, 5.41) is 0. The third kappa shape index (κ3) is 2.31. The van der Waals surface area contributed by atoms with Crippen LogP contribution in [0.3, 0.4) is 0 Å². The summed E-state index contributed by atoms with van der Waals surface area (Å²) in [6.07, 6.45) is 8.53. The van der Waals surface area contributed by atoms with Crippen molar-refractivity contribution in [2.24, 2.45) is 0 Å². The van der Waals surface area contributed by atoms with Gasteiger partial charge in [-0.15, -0.1) is 0 Å². The zero-order valence-corrected chi connectivity index (χ0v) is 5.95. The first-order valence-electron chi connectivity index (χ1n) is 3.65. The smallest absolute Gasteiger partial charge is 0.145 e. The van der Waals surface area contributed by atoms with Gasteiger partial charge < -0.3 is 9.53 Å². The highest BCUT2D eigenvalue weighted by atomic mass is 16.5. The largest absolute Gasteiger partial charge is 0.367 e. The van der Waals surface area contributed by atoms with E-state index >= 15 is 0 Å². The lowest BCUT2D eigenvalue weighted by atomic mass is 10.1. The first kappa shape index (κ1) is 7.48. The third-order valence-corrected chi connectivity index (χ3v) is 1.59. The highest BCUT2D eigenvalue weighted by Gasteiger charge is 2.06. The van der Waals surface area contributed by atoms with Crippen LogP contribution >= 0.6 is 0 Å². The van der Waals surface area contributed by atoms with Gasteiger partial charge in [0.15, 0.2) is 0 Å². The van der Waals surface area contributed by atoms with E-state index < -0.39 is 0 Å². The molecule has 0 aromatic carbocycles. The number of carbonyl (C=O) groups excluding carboxylic acids is 1. The number of aldehydes is 1. The standard InChI is InChI=1S/C8H12O2/c9-6-7-10-8-4-2-1-3-5-8/h2,4,6,8H,1,3,5,7H2. The molecule has 0 N–H and O–H groups in total. The Hall–Kier alpha value is -0.630. The van der Waals surface area contributed by atoms with Crippen LogP contribution in [0.2, 0.25) is 0 Å². The van der Waals surface area contributed by atoms with Crippen LogP contribution in [-0.2, 0) is 9.53 Å². The van der Waals surface area contributed by atoms with E-state index in [4.69, 9.17) is 4.74 Å². The van der Waals surface area contributed by atoms with Crippen molar-refractivity contribution in [3.63, 3.8) is 0 Å². The minimum atomic E-state index is 0.193. The Morgan fingerprint density at radius 3 is 3.20 bits per heavy atom. The maximum absolute atomic E-state index is 9.90. The summed E-state index contributed by atoms with van der Waals surface area (Å²) in [5.74, 6) is 0. The average molecular weight is 140 g/mol. The van der Waals surface area contributed by atoms with Gasteiger partial charge in [0.05, 0.1) is 6.10 Å². The molecule has 1 unspecified atom stereocenters. The fraction of sp³-hybridized carbons (Fsp3) is 0.625. The molecule has 10 heavy (non-hydrogen) atoms. The van der Waals surface area contributed by atoms with E-state index in [1.54, 1.807) is 0 Å². The Labute approximate surface area is 60.9 Å². The van der Waals surface area contributed by atoms with E-state index in [1.807, 2.05) is 6.08 Å². The van der Waals surface area contributed by atoms with Crippen LogP contribution in [0.5, 0.6) is 0 Å². The lowest BCUT2D eigenvalue weighted by Crippen LogP contribution is -2.13. The van der Waals surface area contributed by atoms with Crippen LogP contribution in [0.15, 0.2) is 12.2 Å². The second-order valence-corrected chi connectivity index (χ2v) is 2.40. The maximum atomic E-state index is 9.90. The zero-order chi connectivity index (χ0) is 7.23. The number of allylic oxidation sites excluding steroid dienone is 1. The lowest BCUT2D eigenvalue weighted by Gasteiger charge is -2.14. The molecule has 0 fully saturated rings. The van der Waals surface area contributed by atoms with Gasteiger partial charge in [-0.05, 0) is 19.3 Å². The van der Waals surface area contributed by atoms with Crippen molar-refractivity contribution < 1.29 is 9.53 Å². The van der Waals surface area contributed by atoms with Crippen molar-refractivity contribution in [3.05, 3.63) is 12.2 Å². The molecule has 0 heterocycles. The minimum Gasteiger partial charge on any atom is -0.367 e. The first-order valence-corrected chi connectivity index (χ1v) is 3.65. The second-order valence-electron chi connectivity index (χ2n) is 2.40. The van der Waals surface area contributed by atoms with Crippen molar-refractivity contribution in [1.82, 2.24) is 0 Å². The molecule has 0 spiro atoms. The Bertz CT molecular complexity index is 129. The molecular weight excluding hydrogens is 128 g/mol. The summed E-state index contributed by atoms with van der Waals surface area (Å²) in [7, 11) is 0. The van der Waals surface area contributed by atoms with Crippen LogP contribution in [0.25, 0.3) is 0 Å². The number of hydrogen-bond donors (Lipinski definition) is 0. The zero-order valence-electron chi connectivity index (χ0n) is 5.95. The molecule has 0 bridgehead atoms. The van der Waals surface area contributed by atoms with Crippen molar-refractivity contribution >= 4 is 6.29 Å². The molecule has 0 radical (unpaired) electrons. The van der Waals surface area contributed by atoms with Crippen molar-refractivity contribution in [2.45, 2.75) is 25.4 Å². The highest BCUT2D eigenvalue weighted by molar-refractivity contribution is 5.50. The average Bonchev–Trinajstić information content (AvgIpc) is 2.03. The minimum absolute atomic E-state index is 0.193. The van der Waals surface area contributed by atoms with Crippen molar-refractivity contribution in [2.75, 3.05) is 6.61 Å². The lowest BCUT2D eigenvalue weighted by molar-refractivity contribution is -0.113. The molecule has 0 aromatic rings. The third-order valence-electron chi connectivity index (χ3n) is 1.59. The quantitative estimate of drug-likeness (QED) is 0.436. The van der Waals surface area contributed by atoms with E-state index in [2.05, 4.69) is 6.08 Å². The van der Waals surface area contributed by atoms with E-state index in [1.165, 1.54) is 6.42 Å². The summed E-state index contributed by atoms with van der Waals surface area (Å²) >= 11 is 0. The summed E-state index contributed by atoms with van der Waals surface area (Å²) in [4.78, 5) is 9.90. The van der Waals surface area contributed by atoms with E-state index in [0.717, 1.165) is 19.1 Å². The van der Waals surface area contributed by atoms with Gasteiger partial charge in [-0.3, -0.25) is 0 Å². The highest BCUT2D eigenvalue weighted by Crippen LogP contribution is 2.12. The van der Waals surface area contributed by atoms with Crippen molar-refractivity contribution in [1.29, 1.82) is 0 Å². The molecule has 0 amide bonds.